The third-order valence-electron chi connectivity index (χ3n) is 5.54. The fourth-order valence-electron chi connectivity index (χ4n) is 3.67. The molecule has 0 bridgehead atoms. The predicted octanol–water partition coefficient (Wildman–Crippen LogP) is 3.32. The number of carbonyl (C=O) groups is 1. The van der Waals surface area contributed by atoms with Crippen molar-refractivity contribution in [2.45, 2.75) is 33.6 Å². The minimum atomic E-state index is -0.133. The minimum Gasteiger partial charge on any atom is -0.378 e. The van der Waals surface area contributed by atoms with Gasteiger partial charge in [-0.3, -0.25) is 9.59 Å². The van der Waals surface area contributed by atoms with E-state index in [0.29, 0.717) is 17.6 Å². The number of morpholine rings is 1. The summed E-state index contributed by atoms with van der Waals surface area (Å²) >= 11 is 1.52. The molecule has 158 valence electrons. The normalized spacial score (nSPS) is 14.3. The highest BCUT2D eigenvalue weighted by Crippen LogP contribution is 2.26. The summed E-state index contributed by atoms with van der Waals surface area (Å²) in [6.07, 6.45) is 0.639. The van der Waals surface area contributed by atoms with E-state index in [2.05, 4.69) is 26.3 Å². The van der Waals surface area contributed by atoms with Crippen molar-refractivity contribution in [2.24, 2.45) is 0 Å². The van der Waals surface area contributed by atoms with Gasteiger partial charge in [-0.25, -0.2) is 4.98 Å². The van der Waals surface area contributed by atoms with Crippen molar-refractivity contribution in [1.29, 1.82) is 0 Å². The summed E-state index contributed by atoms with van der Waals surface area (Å²) in [5.41, 5.74) is 3.81. The van der Waals surface area contributed by atoms with Gasteiger partial charge in [0.25, 0.3) is 5.56 Å². The number of carbonyl (C=O) groups excluding carboxylic acids is 1. The topological polar surface area (TPSA) is 87.3 Å². The van der Waals surface area contributed by atoms with Crippen molar-refractivity contribution >= 4 is 38.8 Å². The van der Waals surface area contributed by atoms with E-state index in [4.69, 9.17) is 4.74 Å². The molecule has 0 unspecified atom stereocenters. The van der Waals surface area contributed by atoms with Crippen LogP contribution >= 0.6 is 11.3 Å². The molecule has 1 fully saturated rings. The Balaban J connectivity index is 1.40. The van der Waals surface area contributed by atoms with Gasteiger partial charge >= 0.3 is 0 Å². The van der Waals surface area contributed by atoms with Gasteiger partial charge in [0.05, 0.1) is 18.6 Å². The van der Waals surface area contributed by atoms with Gasteiger partial charge in [-0.2, -0.15) is 0 Å². The van der Waals surface area contributed by atoms with Crippen molar-refractivity contribution in [1.82, 2.24) is 9.97 Å². The summed E-state index contributed by atoms with van der Waals surface area (Å²) < 4.78 is 5.40. The van der Waals surface area contributed by atoms with Crippen LogP contribution in [0.1, 0.15) is 28.2 Å². The Hall–Kier alpha value is -2.71. The SMILES string of the molecule is Cc1cc(N2CCOCC2)ccc1NC(=O)CCc1nc2sc(C)c(C)c2c(=O)[nH]1. The number of benzene rings is 1. The van der Waals surface area contributed by atoms with Crippen molar-refractivity contribution in [3.05, 3.63) is 50.4 Å². The second kappa shape index (κ2) is 8.57. The second-order valence-corrected chi connectivity index (χ2v) is 8.83. The van der Waals surface area contributed by atoms with Gasteiger partial charge < -0.3 is 19.9 Å². The maximum Gasteiger partial charge on any atom is 0.259 e. The van der Waals surface area contributed by atoms with E-state index in [-0.39, 0.29) is 17.9 Å². The van der Waals surface area contributed by atoms with Crippen LogP contribution in [0.15, 0.2) is 23.0 Å². The van der Waals surface area contributed by atoms with Gasteiger partial charge in [0.1, 0.15) is 10.7 Å². The van der Waals surface area contributed by atoms with Crippen molar-refractivity contribution in [2.75, 3.05) is 36.5 Å². The van der Waals surface area contributed by atoms with Crippen LogP contribution in [0.3, 0.4) is 0 Å². The lowest BCUT2D eigenvalue weighted by molar-refractivity contribution is -0.116. The van der Waals surface area contributed by atoms with Crippen molar-refractivity contribution < 1.29 is 9.53 Å². The average molecular weight is 427 g/mol. The summed E-state index contributed by atoms with van der Waals surface area (Å²) in [5.74, 6) is 0.446. The molecule has 1 amide bonds. The molecule has 2 aromatic heterocycles. The number of thiophene rings is 1. The average Bonchev–Trinajstić information content (AvgIpc) is 3.02. The number of aromatic amines is 1. The Morgan fingerprint density at radius 2 is 2.03 bits per heavy atom. The number of aromatic nitrogens is 2. The molecule has 7 nitrogen and oxygen atoms in total. The highest BCUT2D eigenvalue weighted by atomic mass is 32.1. The van der Waals surface area contributed by atoms with Gasteiger partial charge in [0, 0.05) is 42.2 Å². The van der Waals surface area contributed by atoms with E-state index in [0.717, 1.165) is 58.5 Å². The Morgan fingerprint density at radius 3 is 2.77 bits per heavy atom. The van der Waals surface area contributed by atoms with Gasteiger partial charge in [0.2, 0.25) is 5.91 Å². The van der Waals surface area contributed by atoms with Crippen LogP contribution in [0.25, 0.3) is 10.2 Å². The minimum absolute atomic E-state index is 0.0986. The zero-order valence-electron chi connectivity index (χ0n) is 17.5. The number of aryl methyl sites for hydroxylation is 4. The number of nitrogens with zero attached hydrogens (tertiary/aromatic N) is 2. The lowest BCUT2D eigenvalue weighted by Crippen LogP contribution is -2.36. The first-order valence-corrected chi connectivity index (χ1v) is 11.0. The number of hydrogen-bond acceptors (Lipinski definition) is 6. The quantitative estimate of drug-likeness (QED) is 0.654. The van der Waals surface area contributed by atoms with Gasteiger partial charge in [-0.05, 0) is 50.1 Å². The van der Waals surface area contributed by atoms with Crippen LogP contribution < -0.4 is 15.8 Å². The third-order valence-corrected chi connectivity index (χ3v) is 6.64. The van der Waals surface area contributed by atoms with Crippen LogP contribution in [-0.2, 0) is 16.0 Å². The van der Waals surface area contributed by atoms with Gasteiger partial charge in [-0.1, -0.05) is 0 Å². The number of fused-ring (bicyclic) bond motifs is 1. The van der Waals surface area contributed by atoms with Crippen molar-refractivity contribution in [3.63, 3.8) is 0 Å². The fraction of sp³-hybridized carbons (Fsp3) is 0.409. The highest BCUT2D eigenvalue weighted by molar-refractivity contribution is 7.18. The Bertz CT molecular complexity index is 1150. The molecule has 0 atom stereocenters. The molecule has 4 rings (SSSR count). The Morgan fingerprint density at radius 1 is 1.27 bits per heavy atom. The molecule has 2 N–H and O–H groups in total. The van der Waals surface area contributed by atoms with Gasteiger partial charge in [0.15, 0.2) is 0 Å². The largest absolute Gasteiger partial charge is 0.378 e. The molecule has 3 aromatic rings. The molecule has 30 heavy (non-hydrogen) atoms. The maximum absolute atomic E-state index is 12.5. The number of amides is 1. The van der Waals surface area contributed by atoms with E-state index in [9.17, 15) is 9.59 Å². The van der Waals surface area contributed by atoms with Crippen LogP contribution in [-0.4, -0.2) is 42.2 Å². The molecule has 0 radical (unpaired) electrons. The molecule has 3 heterocycles. The summed E-state index contributed by atoms with van der Waals surface area (Å²) in [4.78, 5) is 36.3. The molecular weight excluding hydrogens is 400 g/mol. The van der Waals surface area contributed by atoms with Crippen LogP contribution in [0, 0.1) is 20.8 Å². The first kappa shape index (κ1) is 20.6. The van der Waals surface area contributed by atoms with Gasteiger partial charge in [-0.15, -0.1) is 11.3 Å². The standard InChI is InChI=1S/C22H26N4O3S/c1-13-12-16(26-8-10-29-11-9-26)4-5-17(13)23-19(27)7-6-18-24-21(28)20-14(2)15(3)30-22(20)25-18/h4-5,12H,6-11H2,1-3H3,(H,23,27)(H,24,25,28). The van der Waals surface area contributed by atoms with Crippen LogP contribution in [0.4, 0.5) is 11.4 Å². The Kier molecular flexibility index (Phi) is 5.87. The van der Waals surface area contributed by atoms with E-state index in [1.807, 2.05) is 32.9 Å². The Labute approximate surface area is 179 Å². The maximum atomic E-state index is 12.5. The summed E-state index contributed by atoms with van der Waals surface area (Å²) in [5, 5.41) is 3.63. The molecule has 0 aliphatic carbocycles. The fourth-order valence-corrected chi connectivity index (χ4v) is 4.72. The second-order valence-electron chi connectivity index (χ2n) is 7.62. The zero-order chi connectivity index (χ0) is 21.3. The number of H-pyrrole nitrogens is 1. The summed E-state index contributed by atoms with van der Waals surface area (Å²) in [7, 11) is 0. The van der Waals surface area contributed by atoms with Crippen LogP contribution in [0.5, 0.6) is 0 Å². The number of hydrogen-bond donors (Lipinski definition) is 2. The lowest BCUT2D eigenvalue weighted by atomic mass is 10.1. The van der Waals surface area contributed by atoms with E-state index in [1.165, 1.54) is 11.3 Å². The number of nitrogens with one attached hydrogen (secondary N) is 2. The molecule has 1 aromatic carbocycles. The summed E-state index contributed by atoms with van der Waals surface area (Å²) in [6.45, 7) is 9.15. The third kappa shape index (κ3) is 4.24. The highest BCUT2D eigenvalue weighted by Gasteiger charge is 2.14. The van der Waals surface area contributed by atoms with E-state index >= 15 is 0 Å². The molecule has 8 heteroatoms. The monoisotopic (exact) mass is 426 g/mol. The molecular formula is C22H26N4O3S. The smallest absolute Gasteiger partial charge is 0.259 e. The van der Waals surface area contributed by atoms with Crippen molar-refractivity contribution in [3.8, 4) is 0 Å². The molecule has 1 aliphatic rings. The van der Waals surface area contributed by atoms with E-state index in [1.54, 1.807) is 0 Å². The number of rotatable bonds is 5. The van der Waals surface area contributed by atoms with Crippen LogP contribution in [0.2, 0.25) is 0 Å². The predicted molar refractivity (Wildman–Crippen MR) is 121 cm³/mol. The van der Waals surface area contributed by atoms with E-state index < -0.39 is 0 Å². The summed E-state index contributed by atoms with van der Waals surface area (Å²) in [6, 6.07) is 6.07. The zero-order valence-corrected chi connectivity index (χ0v) is 18.3. The lowest BCUT2D eigenvalue weighted by Gasteiger charge is -2.29. The first-order chi connectivity index (χ1) is 14.4. The first-order valence-electron chi connectivity index (χ1n) is 10.1. The molecule has 1 aliphatic heterocycles. The number of anilines is 2. The molecule has 0 spiro atoms. The number of ether oxygens (including phenoxy) is 1. The molecule has 0 saturated carbocycles. The molecule has 1 saturated heterocycles.